The molecule has 0 fully saturated rings. The highest BCUT2D eigenvalue weighted by atomic mass is 16.2. The first kappa shape index (κ1) is 24.6. The van der Waals surface area contributed by atoms with Gasteiger partial charge in [-0.3, -0.25) is 9.59 Å². The van der Waals surface area contributed by atoms with Crippen LogP contribution >= 0.6 is 0 Å². The molecule has 3 amide bonds. The number of aryl methyl sites for hydroxylation is 1. The van der Waals surface area contributed by atoms with Gasteiger partial charge in [0.15, 0.2) is 5.78 Å². The average Bonchev–Trinajstić information content (AvgIpc) is 3.04. The molecule has 1 heterocycles. The highest BCUT2D eigenvalue weighted by Crippen LogP contribution is 2.28. The van der Waals surface area contributed by atoms with Crippen LogP contribution in [0.1, 0.15) is 27.0 Å². The molecule has 1 aliphatic rings. The van der Waals surface area contributed by atoms with E-state index in [9.17, 15) is 14.4 Å². The van der Waals surface area contributed by atoms with Crippen LogP contribution in [0.2, 0.25) is 0 Å². The van der Waals surface area contributed by atoms with Crippen LogP contribution in [0, 0.1) is 6.92 Å². The summed E-state index contributed by atoms with van der Waals surface area (Å²) in [6.45, 7) is 1.72. The quantitative estimate of drug-likeness (QED) is 0.355. The number of rotatable bonds is 6. The van der Waals surface area contributed by atoms with Gasteiger partial charge in [0.05, 0.1) is 17.9 Å². The van der Waals surface area contributed by atoms with Gasteiger partial charge < -0.3 is 15.5 Å². The van der Waals surface area contributed by atoms with Gasteiger partial charge in [-0.1, -0.05) is 91.0 Å². The van der Waals surface area contributed by atoms with Crippen LogP contribution in [0.25, 0.3) is 0 Å². The first-order valence-corrected chi connectivity index (χ1v) is 12.3. The van der Waals surface area contributed by atoms with Crippen LogP contribution in [0.15, 0.2) is 114 Å². The summed E-state index contributed by atoms with van der Waals surface area (Å²) in [7, 11) is 0. The van der Waals surface area contributed by atoms with Crippen molar-refractivity contribution in [2.75, 3.05) is 16.8 Å². The molecule has 4 aromatic rings. The van der Waals surface area contributed by atoms with Crippen molar-refractivity contribution in [3.8, 4) is 0 Å². The molecule has 0 bridgehead atoms. The number of Topliss-reactive ketones (excluding diaryl/α,β-unsaturated/α-hetero) is 1. The van der Waals surface area contributed by atoms with Crippen molar-refractivity contribution in [2.24, 2.45) is 4.99 Å². The number of nitrogens with one attached hydrogen (secondary N) is 2. The second-order valence-corrected chi connectivity index (χ2v) is 8.94. The fourth-order valence-corrected chi connectivity index (χ4v) is 4.39. The molecule has 0 aliphatic carbocycles. The number of aliphatic imine (C=N–C) groups is 1. The van der Waals surface area contributed by atoms with Crippen molar-refractivity contribution in [3.05, 3.63) is 131 Å². The van der Waals surface area contributed by atoms with Crippen LogP contribution in [0.4, 0.5) is 16.2 Å². The Morgan fingerprint density at radius 3 is 2.26 bits per heavy atom. The predicted molar refractivity (Wildman–Crippen MR) is 149 cm³/mol. The van der Waals surface area contributed by atoms with Gasteiger partial charge in [-0.05, 0) is 30.7 Å². The second kappa shape index (κ2) is 10.9. The van der Waals surface area contributed by atoms with Gasteiger partial charge in [0, 0.05) is 22.4 Å². The molecule has 0 saturated carbocycles. The summed E-state index contributed by atoms with van der Waals surface area (Å²) in [4.78, 5) is 46.3. The van der Waals surface area contributed by atoms with Gasteiger partial charge in [-0.25, -0.2) is 9.79 Å². The van der Waals surface area contributed by atoms with E-state index >= 15 is 0 Å². The summed E-state index contributed by atoms with van der Waals surface area (Å²) in [6.07, 6.45) is -1.26. The van der Waals surface area contributed by atoms with E-state index in [0.29, 0.717) is 28.2 Å². The number of urea groups is 1. The number of hydrogen-bond acceptors (Lipinski definition) is 4. The van der Waals surface area contributed by atoms with E-state index < -0.39 is 18.1 Å². The van der Waals surface area contributed by atoms with Crippen molar-refractivity contribution < 1.29 is 14.4 Å². The van der Waals surface area contributed by atoms with Crippen LogP contribution in [-0.2, 0) is 4.79 Å². The van der Waals surface area contributed by atoms with Crippen molar-refractivity contribution in [1.29, 1.82) is 0 Å². The fraction of sp³-hybridized carbons (Fsp3) is 0.0968. The molecule has 2 N–H and O–H groups in total. The fourth-order valence-electron chi connectivity index (χ4n) is 4.39. The molecule has 7 heteroatoms. The topological polar surface area (TPSA) is 90.9 Å². The number of benzodiazepines with no additional fused rings is 1. The van der Waals surface area contributed by atoms with Gasteiger partial charge in [0.2, 0.25) is 6.17 Å². The van der Waals surface area contributed by atoms with Gasteiger partial charge in [-0.15, -0.1) is 0 Å². The second-order valence-electron chi connectivity index (χ2n) is 8.94. The van der Waals surface area contributed by atoms with Crippen molar-refractivity contribution in [1.82, 2.24) is 5.32 Å². The third kappa shape index (κ3) is 5.37. The number of carbonyl (C=O) groups is 3. The van der Waals surface area contributed by atoms with Gasteiger partial charge in [0.1, 0.15) is 0 Å². The normalized spacial score (nSPS) is 14.7. The van der Waals surface area contributed by atoms with E-state index in [-0.39, 0.29) is 12.3 Å². The van der Waals surface area contributed by atoms with Gasteiger partial charge in [0.25, 0.3) is 5.91 Å². The Bertz CT molecular complexity index is 1520. The molecule has 0 aromatic heterocycles. The number of benzene rings is 4. The lowest BCUT2D eigenvalue weighted by atomic mass is 10.00. The summed E-state index contributed by atoms with van der Waals surface area (Å²) >= 11 is 0. The molecule has 0 radical (unpaired) electrons. The third-order valence-corrected chi connectivity index (χ3v) is 6.20. The van der Waals surface area contributed by atoms with Crippen LogP contribution in [-0.4, -0.2) is 36.1 Å². The number of para-hydroxylation sites is 1. The molecule has 1 aliphatic heterocycles. The average molecular weight is 503 g/mol. The van der Waals surface area contributed by atoms with E-state index in [1.807, 2.05) is 79.7 Å². The Morgan fingerprint density at radius 1 is 0.842 bits per heavy atom. The van der Waals surface area contributed by atoms with E-state index in [0.717, 1.165) is 11.1 Å². The molecular weight excluding hydrogens is 476 g/mol. The molecule has 0 spiro atoms. The zero-order valence-electron chi connectivity index (χ0n) is 20.8. The van der Waals surface area contributed by atoms with E-state index in [1.165, 1.54) is 4.90 Å². The highest BCUT2D eigenvalue weighted by molar-refractivity contribution is 6.21. The zero-order valence-corrected chi connectivity index (χ0v) is 20.8. The molecule has 188 valence electrons. The van der Waals surface area contributed by atoms with Crippen molar-refractivity contribution >= 4 is 34.8 Å². The molecule has 1 atom stereocenters. The minimum Gasteiger partial charge on any atom is -0.308 e. The Balaban J connectivity index is 1.53. The lowest BCUT2D eigenvalue weighted by Crippen LogP contribution is -2.49. The summed E-state index contributed by atoms with van der Waals surface area (Å²) in [5.74, 6) is -0.730. The van der Waals surface area contributed by atoms with Gasteiger partial charge >= 0.3 is 6.03 Å². The zero-order chi connectivity index (χ0) is 26.5. The maximum absolute atomic E-state index is 13.9. The Labute approximate surface area is 220 Å². The SMILES string of the molecule is Cc1cccc(NC(=O)NC2N=C(c3ccccc3)c3ccccc3N(CC(=O)c3ccccc3)C2=O)c1. The first-order valence-electron chi connectivity index (χ1n) is 12.3. The van der Waals surface area contributed by atoms with Crippen molar-refractivity contribution in [2.45, 2.75) is 13.1 Å². The van der Waals surface area contributed by atoms with Crippen LogP contribution in [0.5, 0.6) is 0 Å². The monoisotopic (exact) mass is 502 g/mol. The summed E-state index contributed by atoms with van der Waals surface area (Å²) in [5.41, 5.74) is 4.64. The number of carbonyl (C=O) groups excluding carboxylic acids is 3. The number of amides is 3. The van der Waals surface area contributed by atoms with E-state index in [1.54, 1.807) is 36.4 Å². The predicted octanol–water partition coefficient (Wildman–Crippen LogP) is 5.21. The molecule has 5 rings (SSSR count). The summed E-state index contributed by atoms with van der Waals surface area (Å²) in [6, 6.07) is 32.4. The summed E-state index contributed by atoms with van der Waals surface area (Å²) in [5, 5.41) is 5.49. The Hall–Kier alpha value is -5.04. The lowest BCUT2D eigenvalue weighted by Gasteiger charge is -2.25. The number of ketones is 1. The first-order chi connectivity index (χ1) is 18.5. The minimum atomic E-state index is -1.26. The molecule has 7 nitrogen and oxygen atoms in total. The largest absolute Gasteiger partial charge is 0.321 e. The number of nitrogens with zero attached hydrogens (tertiary/aromatic N) is 2. The number of hydrogen-bond donors (Lipinski definition) is 2. The smallest absolute Gasteiger partial charge is 0.308 e. The molecular formula is C31H26N4O3. The highest BCUT2D eigenvalue weighted by Gasteiger charge is 2.34. The van der Waals surface area contributed by atoms with Crippen LogP contribution < -0.4 is 15.5 Å². The van der Waals surface area contributed by atoms with E-state index in [2.05, 4.69) is 10.6 Å². The number of fused-ring (bicyclic) bond motifs is 1. The van der Waals surface area contributed by atoms with Crippen molar-refractivity contribution in [3.63, 3.8) is 0 Å². The van der Waals surface area contributed by atoms with E-state index in [4.69, 9.17) is 4.99 Å². The lowest BCUT2D eigenvalue weighted by molar-refractivity contribution is -0.120. The Kier molecular flexibility index (Phi) is 7.08. The molecule has 38 heavy (non-hydrogen) atoms. The standard InChI is InChI=1S/C31H26N4O3/c1-21-11-10-16-24(19-21)32-31(38)34-29-30(37)35(20-27(36)22-12-4-2-5-13-22)26-18-9-8-17-25(26)28(33-29)23-14-6-3-7-15-23/h2-19,29H,20H2,1H3,(H2,32,34,38). The molecule has 4 aromatic carbocycles. The number of anilines is 2. The molecule has 1 unspecified atom stereocenters. The van der Waals surface area contributed by atoms with Crippen LogP contribution in [0.3, 0.4) is 0 Å². The van der Waals surface area contributed by atoms with Gasteiger partial charge in [-0.2, -0.15) is 0 Å². The molecule has 0 saturated heterocycles. The maximum atomic E-state index is 13.9. The minimum absolute atomic E-state index is 0.199. The Morgan fingerprint density at radius 2 is 1.53 bits per heavy atom. The summed E-state index contributed by atoms with van der Waals surface area (Å²) < 4.78 is 0. The third-order valence-electron chi connectivity index (χ3n) is 6.20. The maximum Gasteiger partial charge on any atom is 0.321 e.